The highest BCUT2D eigenvalue weighted by Gasteiger charge is 2.45. The molecule has 0 aromatic carbocycles. The second-order valence-corrected chi connectivity index (χ2v) is 7.37. The summed E-state index contributed by atoms with van der Waals surface area (Å²) in [7, 11) is 1.40. The summed E-state index contributed by atoms with van der Waals surface area (Å²) in [5.74, 6) is -1.48. The van der Waals surface area contributed by atoms with Gasteiger partial charge >= 0.3 is 12.1 Å². The van der Waals surface area contributed by atoms with Crippen molar-refractivity contribution in [2.45, 2.75) is 63.8 Å². The van der Waals surface area contributed by atoms with E-state index in [2.05, 4.69) is 0 Å². The molecule has 0 spiro atoms. The fraction of sp³-hybridized carbons (Fsp3) is 0.812. The van der Waals surface area contributed by atoms with Gasteiger partial charge in [-0.05, 0) is 33.6 Å². The van der Waals surface area contributed by atoms with Crippen molar-refractivity contribution in [3.63, 3.8) is 0 Å². The molecule has 0 aromatic heterocycles. The molecule has 2 saturated heterocycles. The van der Waals surface area contributed by atoms with Crippen molar-refractivity contribution in [1.82, 2.24) is 9.80 Å². The quantitative estimate of drug-likeness (QED) is 0.821. The summed E-state index contributed by atoms with van der Waals surface area (Å²) in [6.07, 6.45) is 0.520. The highest BCUT2D eigenvalue weighted by Crippen LogP contribution is 2.30. The molecule has 2 fully saturated rings. The number of aliphatic carboxylic acids is 1. The number of fused-ring (bicyclic) bond motifs is 2. The molecule has 1 N–H and O–H groups in total. The predicted molar refractivity (Wildman–Crippen MR) is 84.5 cm³/mol. The standard InChI is InChI=1S/C16H26N2O6/c1-16(2,3)24-15(22)17(4)12(7-13(19)20)14(21)18-10-5-6-11(18)9-23-8-10/h10-12H,5-9H2,1-4H3,(H,19,20). The van der Waals surface area contributed by atoms with Crippen LogP contribution >= 0.6 is 0 Å². The minimum atomic E-state index is -1.13. The monoisotopic (exact) mass is 342 g/mol. The lowest BCUT2D eigenvalue weighted by Crippen LogP contribution is -2.57. The molecular weight excluding hydrogens is 316 g/mol. The van der Waals surface area contributed by atoms with E-state index in [4.69, 9.17) is 14.6 Å². The molecule has 8 heteroatoms. The van der Waals surface area contributed by atoms with Crippen LogP contribution in [0.3, 0.4) is 0 Å². The number of hydrogen-bond donors (Lipinski definition) is 1. The molecular formula is C16H26N2O6. The van der Waals surface area contributed by atoms with E-state index in [1.165, 1.54) is 7.05 Å². The molecule has 0 aromatic rings. The van der Waals surface area contributed by atoms with E-state index in [0.717, 1.165) is 17.7 Å². The fourth-order valence-electron chi connectivity index (χ4n) is 3.18. The third kappa shape index (κ3) is 4.17. The number of likely N-dealkylation sites (N-methyl/N-ethyl adjacent to an activating group) is 1. The van der Waals surface area contributed by atoms with Gasteiger partial charge in [-0.1, -0.05) is 0 Å². The van der Waals surface area contributed by atoms with E-state index >= 15 is 0 Å². The highest BCUT2D eigenvalue weighted by atomic mass is 16.6. The van der Waals surface area contributed by atoms with Crippen molar-refractivity contribution in [2.75, 3.05) is 20.3 Å². The second kappa shape index (κ2) is 6.96. The third-order valence-corrected chi connectivity index (χ3v) is 4.30. The first-order valence-electron chi connectivity index (χ1n) is 8.17. The number of ether oxygens (including phenoxy) is 2. The number of carboxylic acid groups (broad SMARTS) is 1. The number of nitrogens with zero attached hydrogens (tertiary/aromatic N) is 2. The fourth-order valence-corrected chi connectivity index (χ4v) is 3.18. The maximum Gasteiger partial charge on any atom is 0.410 e. The lowest BCUT2D eigenvalue weighted by Gasteiger charge is -2.39. The summed E-state index contributed by atoms with van der Waals surface area (Å²) in [6, 6.07) is -1.17. The summed E-state index contributed by atoms with van der Waals surface area (Å²) in [5, 5.41) is 9.17. The topological polar surface area (TPSA) is 96.4 Å². The Morgan fingerprint density at radius 1 is 1.25 bits per heavy atom. The maximum absolute atomic E-state index is 13.0. The summed E-state index contributed by atoms with van der Waals surface area (Å²) < 4.78 is 10.7. The average molecular weight is 342 g/mol. The van der Waals surface area contributed by atoms with Gasteiger partial charge in [0, 0.05) is 7.05 Å². The van der Waals surface area contributed by atoms with E-state index in [9.17, 15) is 14.4 Å². The molecule has 3 atom stereocenters. The van der Waals surface area contributed by atoms with Gasteiger partial charge in [-0.3, -0.25) is 14.5 Å². The van der Waals surface area contributed by atoms with E-state index in [1.807, 2.05) is 0 Å². The summed E-state index contributed by atoms with van der Waals surface area (Å²) >= 11 is 0. The summed E-state index contributed by atoms with van der Waals surface area (Å²) in [6.45, 7) is 6.06. The van der Waals surface area contributed by atoms with Crippen LogP contribution < -0.4 is 0 Å². The molecule has 2 aliphatic heterocycles. The summed E-state index contributed by atoms with van der Waals surface area (Å²) in [4.78, 5) is 39.2. The number of morpholine rings is 1. The summed E-state index contributed by atoms with van der Waals surface area (Å²) in [5.41, 5.74) is -0.722. The minimum absolute atomic E-state index is 0.0421. The molecule has 0 saturated carbocycles. The Labute approximate surface area is 141 Å². The number of rotatable bonds is 4. The smallest absolute Gasteiger partial charge is 0.410 e. The number of amides is 2. The van der Waals surface area contributed by atoms with Crippen LogP contribution in [0.15, 0.2) is 0 Å². The van der Waals surface area contributed by atoms with Crippen molar-refractivity contribution in [3.8, 4) is 0 Å². The zero-order chi connectivity index (χ0) is 18.1. The third-order valence-electron chi connectivity index (χ3n) is 4.30. The molecule has 0 radical (unpaired) electrons. The predicted octanol–water partition coefficient (Wildman–Crippen LogP) is 1.09. The molecule has 2 aliphatic rings. The molecule has 24 heavy (non-hydrogen) atoms. The van der Waals surface area contributed by atoms with Gasteiger partial charge in [0.15, 0.2) is 0 Å². The van der Waals surface area contributed by atoms with Crippen LogP contribution in [-0.2, 0) is 19.1 Å². The van der Waals surface area contributed by atoms with Crippen LogP contribution in [0.5, 0.6) is 0 Å². The van der Waals surface area contributed by atoms with Gasteiger partial charge in [0.1, 0.15) is 11.6 Å². The Kier molecular flexibility index (Phi) is 5.37. The maximum atomic E-state index is 13.0. The van der Waals surface area contributed by atoms with Crippen molar-refractivity contribution >= 4 is 18.0 Å². The number of carbonyl (C=O) groups excluding carboxylic acids is 2. The van der Waals surface area contributed by atoms with Gasteiger partial charge < -0.3 is 19.5 Å². The van der Waals surface area contributed by atoms with E-state index in [-0.39, 0.29) is 18.0 Å². The van der Waals surface area contributed by atoms with Gasteiger partial charge in [0.05, 0.1) is 31.7 Å². The first-order valence-corrected chi connectivity index (χ1v) is 8.17. The van der Waals surface area contributed by atoms with Gasteiger partial charge in [0.25, 0.3) is 0 Å². The molecule has 2 heterocycles. The molecule has 8 nitrogen and oxygen atoms in total. The number of hydrogen-bond acceptors (Lipinski definition) is 5. The normalized spacial score (nSPS) is 24.4. The van der Waals surface area contributed by atoms with Gasteiger partial charge in [-0.2, -0.15) is 0 Å². The minimum Gasteiger partial charge on any atom is -0.481 e. The van der Waals surface area contributed by atoms with Crippen LogP contribution in [0.2, 0.25) is 0 Å². The van der Waals surface area contributed by atoms with E-state index in [1.54, 1.807) is 25.7 Å². The Morgan fingerprint density at radius 2 is 1.79 bits per heavy atom. The van der Waals surface area contributed by atoms with Crippen molar-refractivity contribution in [2.24, 2.45) is 0 Å². The molecule has 3 unspecified atom stereocenters. The zero-order valence-electron chi connectivity index (χ0n) is 14.7. The van der Waals surface area contributed by atoms with Crippen molar-refractivity contribution in [1.29, 1.82) is 0 Å². The first-order chi connectivity index (χ1) is 11.1. The Bertz CT molecular complexity index is 499. The number of carbonyl (C=O) groups is 3. The largest absolute Gasteiger partial charge is 0.481 e. The van der Waals surface area contributed by atoms with Crippen LogP contribution in [-0.4, -0.2) is 76.9 Å². The molecule has 136 valence electrons. The first kappa shape index (κ1) is 18.5. The lowest BCUT2D eigenvalue weighted by atomic mass is 10.1. The Morgan fingerprint density at radius 3 is 2.25 bits per heavy atom. The van der Waals surface area contributed by atoms with Gasteiger partial charge in [0.2, 0.25) is 5.91 Å². The second-order valence-electron chi connectivity index (χ2n) is 7.37. The molecule has 0 aliphatic carbocycles. The van der Waals surface area contributed by atoms with Crippen molar-refractivity contribution in [3.05, 3.63) is 0 Å². The van der Waals surface area contributed by atoms with Gasteiger partial charge in [-0.25, -0.2) is 4.79 Å². The van der Waals surface area contributed by atoms with Crippen LogP contribution in [0.4, 0.5) is 4.79 Å². The number of carboxylic acids is 1. The van der Waals surface area contributed by atoms with Crippen LogP contribution in [0, 0.1) is 0 Å². The molecule has 2 rings (SSSR count). The molecule has 2 amide bonds. The zero-order valence-corrected chi connectivity index (χ0v) is 14.7. The SMILES string of the molecule is CN(C(=O)OC(C)(C)C)C(CC(=O)O)C(=O)N1C2CCC1COC2. The van der Waals surface area contributed by atoms with Crippen LogP contribution in [0.25, 0.3) is 0 Å². The highest BCUT2D eigenvalue weighted by molar-refractivity contribution is 5.90. The van der Waals surface area contributed by atoms with Crippen molar-refractivity contribution < 1.29 is 29.0 Å². The van der Waals surface area contributed by atoms with E-state index in [0.29, 0.717) is 13.2 Å². The van der Waals surface area contributed by atoms with Gasteiger partial charge in [-0.15, -0.1) is 0 Å². The lowest BCUT2D eigenvalue weighted by molar-refractivity contribution is -0.151. The Hall–Kier alpha value is -1.83. The van der Waals surface area contributed by atoms with Crippen LogP contribution in [0.1, 0.15) is 40.0 Å². The Balaban J connectivity index is 2.16. The molecule has 2 bridgehead atoms. The van der Waals surface area contributed by atoms with E-state index < -0.39 is 30.1 Å². The average Bonchev–Trinajstić information content (AvgIpc) is 2.70.